The van der Waals surface area contributed by atoms with Crippen LogP contribution >= 0.6 is 0 Å². The molecule has 15 heteroatoms. The highest BCUT2D eigenvalue weighted by Crippen LogP contribution is 2.46. The van der Waals surface area contributed by atoms with Crippen LogP contribution in [0.4, 0.5) is 45.2 Å². The highest BCUT2D eigenvalue weighted by Gasteiger charge is 2.40. The van der Waals surface area contributed by atoms with E-state index in [9.17, 15) is 39.5 Å². The Bertz CT molecular complexity index is 1470. The number of tetrazole rings is 1. The molecule has 1 unspecified atom stereocenters. The number of alkyl halides is 9. The van der Waals surface area contributed by atoms with E-state index in [1.165, 1.54) is 24.8 Å². The van der Waals surface area contributed by atoms with E-state index in [0.717, 1.165) is 32.0 Å². The molecule has 0 amide bonds. The second-order valence-electron chi connectivity index (χ2n) is 12.4. The molecule has 1 saturated heterocycles. The molecule has 0 aliphatic carbocycles. The standard InChI is InChI=1S/C31H35F9N6/c1-18-10-25-24(4-3-9-46(17-19-5-7-41-8-6-19)27(25)16-26(18)31(38,39)40)21(14-28-42-44-45(2)43-28)11-20-12-22(29(32,33)34)15-23(13-20)30(35,36)37/h10,12-13,15-16,19,21,24,41H,3-9,11,14,17H2,1-2H3/t21?,24-/m1/s1. The van der Waals surface area contributed by atoms with E-state index in [4.69, 9.17) is 0 Å². The fourth-order valence-electron chi connectivity index (χ4n) is 6.86. The third-order valence-electron chi connectivity index (χ3n) is 9.01. The van der Waals surface area contributed by atoms with Crippen molar-refractivity contribution in [3.63, 3.8) is 0 Å². The summed E-state index contributed by atoms with van der Waals surface area (Å²) in [6.45, 7) is 3.98. The van der Waals surface area contributed by atoms with Gasteiger partial charge in [0.05, 0.1) is 23.7 Å². The number of benzene rings is 2. The first-order valence-electron chi connectivity index (χ1n) is 15.2. The topological polar surface area (TPSA) is 58.9 Å². The number of nitrogens with zero attached hydrogens (tertiary/aromatic N) is 5. The minimum absolute atomic E-state index is 0.00484. The fraction of sp³-hybridized carbons (Fsp3) is 0.581. The normalized spacial score (nSPS) is 19.2. The number of halogens is 9. The van der Waals surface area contributed by atoms with E-state index in [1.54, 1.807) is 0 Å². The van der Waals surface area contributed by atoms with Crippen LogP contribution in [-0.2, 0) is 38.4 Å². The second-order valence-corrected chi connectivity index (χ2v) is 12.4. The number of hydrogen-bond donors (Lipinski definition) is 1. The van der Waals surface area contributed by atoms with E-state index < -0.39 is 47.1 Å². The minimum Gasteiger partial charge on any atom is -0.371 e. The van der Waals surface area contributed by atoms with Gasteiger partial charge >= 0.3 is 18.5 Å². The van der Waals surface area contributed by atoms with E-state index >= 15 is 0 Å². The maximum atomic E-state index is 14.2. The Morgan fingerprint density at radius 3 is 2.07 bits per heavy atom. The van der Waals surface area contributed by atoms with Crippen LogP contribution in [0, 0.1) is 18.8 Å². The molecule has 0 radical (unpaired) electrons. The molecular formula is C31H35F9N6. The Kier molecular flexibility index (Phi) is 9.63. The maximum absolute atomic E-state index is 14.2. The molecule has 252 valence electrons. The van der Waals surface area contributed by atoms with Crippen LogP contribution in [0.2, 0.25) is 0 Å². The van der Waals surface area contributed by atoms with Gasteiger partial charge in [0.2, 0.25) is 0 Å². The van der Waals surface area contributed by atoms with Crippen LogP contribution in [0.15, 0.2) is 30.3 Å². The third-order valence-corrected chi connectivity index (χ3v) is 9.01. The van der Waals surface area contributed by atoms with Crippen LogP contribution in [0.5, 0.6) is 0 Å². The van der Waals surface area contributed by atoms with E-state index in [0.29, 0.717) is 49.3 Å². The molecule has 0 spiro atoms. The lowest BCUT2D eigenvalue weighted by atomic mass is 9.76. The van der Waals surface area contributed by atoms with Gasteiger partial charge in [0.15, 0.2) is 5.82 Å². The van der Waals surface area contributed by atoms with Gasteiger partial charge in [-0.3, -0.25) is 0 Å². The molecular weight excluding hydrogens is 627 g/mol. The van der Waals surface area contributed by atoms with Crippen molar-refractivity contribution in [2.24, 2.45) is 18.9 Å². The number of hydrogen-bond acceptors (Lipinski definition) is 5. The predicted octanol–water partition coefficient (Wildman–Crippen LogP) is 7.36. The van der Waals surface area contributed by atoms with Crippen LogP contribution in [-0.4, -0.2) is 46.4 Å². The smallest absolute Gasteiger partial charge is 0.371 e. The van der Waals surface area contributed by atoms with Gasteiger partial charge in [0.25, 0.3) is 0 Å². The average Bonchev–Trinajstić information content (AvgIpc) is 3.29. The highest BCUT2D eigenvalue weighted by molar-refractivity contribution is 5.60. The molecule has 3 heterocycles. The van der Waals surface area contributed by atoms with Gasteiger partial charge < -0.3 is 10.2 Å². The monoisotopic (exact) mass is 662 g/mol. The van der Waals surface area contributed by atoms with Crippen LogP contribution in [0.1, 0.15) is 70.8 Å². The van der Waals surface area contributed by atoms with Crippen LogP contribution in [0.3, 0.4) is 0 Å². The van der Waals surface area contributed by atoms with Crippen molar-refractivity contribution >= 4 is 5.69 Å². The van der Waals surface area contributed by atoms with Gasteiger partial charge in [-0.05, 0) is 116 Å². The third kappa shape index (κ3) is 7.95. The number of anilines is 1. The summed E-state index contributed by atoms with van der Waals surface area (Å²) >= 11 is 0. The zero-order valence-electron chi connectivity index (χ0n) is 25.3. The molecule has 5 rings (SSSR count). The van der Waals surface area contributed by atoms with Crippen LogP contribution in [0.25, 0.3) is 0 Å². The molecule has 0 saturated carbocycles. The van der Waals surface area contributed by atoms with Crippen molar-refractivity contribution in [2.75, 3.05) is 31.1 Å². The van der Waals surface area contributed by atoms with Gasteiger partial charge in [0.1, 0.15) is 0 Å². The summed E-state index contributed by atoms with van der Waals surface area (Å²) in [5.41, 5.74) is -2.82. The van der Waals surface area contributed by atoms with E-state index in [1.807, 2.05) is 4.90 Å². The summed E-state index contributed by atoms with van der Waals surface area (Å²) in [4.78, 5) is 3.17. The fourth-order valence-corrected chi connectivity index (χ4v) is 6.86. The second kappa shape index (κ2) is 13.0. The minimum atomic E-state index is -5.02. The van der Waals surface area contributed by atoms with Crippen molar-refractivity contribution in [1.82, 2.24) is 25.5 Å². The van der Waals surface area contributed by atoms with Crippen molar-refractivity contribution in [3.8, 4) is 0 Å². The highest BCUT2D eigenvalue weighted by atomic mass is 19.4. The number of aryl methyl sites for hydroxylation is 2. The molecule has 2 aliphatic heterocycles. The lowest BCUT2D eigenvalue weighted by Crippen LogP contribution is -2.36. The summed E-state index contributed by atoms with van der Waals surface area (Å²) in [7, 11) is 1.52. The van der Waals surface area contributed by atoms with Gasteiger partial charge in [0, 0.05) is 25.2 Å². The number of piperidine rings is 1. The summed E-state index contributed by atoms with van der Waals surface area (Å²) in [6.07, 6.45) is -12.1. The lowest BCUT2D eigenvalue weighted by Gasteiger charge is -2.34. The summed E-state index contributed by atoms with van der Waals surface area (Å²) in [5, 5.41) is 15.3. The lowest BCUT2D eigenvalue weighted by molar-refractivity contribution is -0.143. The SMILES string of the molecule is Cc1cc2c(cc1C(F)(F)F)N(CC1CCNCC1)CCC[C@@H]2C(Cc1cc(C(F)(F)F)cc(C(F)(F)F)c1)Cc1nnn(C)n1. The average molecular weight is 663 g/mol. The summed E-state index contributed by atoms with van der Waals surface area (Å²) < 4.78 is 125. The van der Waals surface area contributed by atoms with Crippen LogP contribution < -0.4 is 10.2 Å². The van der Waals surface area contributed by atoms with E-state index in [-0.39, 0.29) is 41.8 Å². The van der Waals surface area contributed by atoms with Crippen molar-refractivity contribution < 1.29 is 39.5 Å². The van der Waals surface area contributed by atoms with Crippen molar-refractivity contribution in [1.29, 1.82) is 0 Å². The number of fused-ring (bicyclic) bond motifs is 1. The van der Waals surface area contributed by atoms with Crippen molar-refractivity contribution in [3.05, 3.63) is 69.5 Å². The number of rotatable bonds is 7. The molecule has 0 bridgehead atoms. The quantitative estimate of drug-likeness (QED) is 0.268. The Labute approximate surface area is 260 Å². The predicted molar refractivity (Wildman–Crippen MR) is 152 cm³/mol. The maximum Gasteiger partial charge on any atom is 0.416 e. The first-order valence-corrected chi connectivity index (χ1v) is 15.2. The van der Waals surface area contributed by atoms with Gasteiger partial charge in [-0.25, -0.2) is 0 Å². The molecule has 2 aliphatic rings. The molecule has 2 aromatic carbocycles. The first kappa shape index (κ1) is 34.0. The molecule has 1 N–H and O–H groups in total. The molecule has 2 atom stereocenters. The van der Waals surface area contributed by atoms with Gasteiger partial charge in [-0.15, -0.1) is 10.2 Å². The molecule has 6 nitrogen and oxygen atoms in total. The molecule has 1 aromatic heterocycles. The Hall–Kier alpha value is -3.36. The zero-order valence-corrected chi connectivity index (χ0v) is 25.3. The summed E-state index contributed by atoms with van der Waals surface area (Å²) in [5.74, 6) is -0.674. The van der Waals surface area contributed by atoms with Gasteiger partial charge in [-0.1, -0.05) is 6.07 Å². The Balaban J connectivity index is 1.62. The summed E-state index contributed by atoms with van der Waals surface area (Å²) in [6, 6.07) is 4.17. The Morgan fingerprint density at radius 2 is 1.50 bits per heavy atom. The molecule has 1 fully saturated rings. The largest absolute Gasteiger partial charge is 0.416 e. The first-order chi connectivity index (χ1) is 21.5. The van der Waals surface area contributed by atoms with E-state index in [2.05, 4.69) is 20.7 Å². The molecule has 46 heavy (non-hydrogen) atoms. The number of nitrogens with one attached hydrogen (secondary N) is 1. The van der Waals surface area contributed by atoms with Gasteiger partial charge in [-0.2, -0.15) is 44.3 Å². The Morgan fingerprint density at radius 1 is 0.848 bits per heavy atom. The zero-order chi connectivity index (χ0) is 33.4. The van der Waals surface area contributed by atoms with Crippen molar-refractivity contribution in [2.45, 2.75) is 69.9 Å². The number of aromatic nitrogens is 4. The molecule has 3 aromatic rings.